The monoisotopic (exact) mass is 337 g/mol. The molecule has 0 aromatic heterocycles. The number of imide groups is 1. The number of alkyl halides is 1. The number of carbonyl (C=O) groups is 2. The maximum Gasteiger partial charge on any atom is 0.235 e. The van der Waals surface area contributed by atoms with Crippen molar-refractivity contribution >= 4 is 23.4 Å². The molecule has 1 fully saturated rings. The van der Waals surface area contributed by atoms with E-state index < -0.39 is 10.8 Å². The third kappa shape index (κ3) is 1.37. The summed E-state index contributed by atoms with van der Waals surface area (Å²) in [6, 6.07) is 16.0. The average Bonchev–Trinajstić information content (AvgIpc) is 2.87. The van der Waals surface area contributed by atoms with Gasteiger partial charge in [0.1, 0.15) is 4.87 Å². The molecule has 4 heteroatoms. The van der Waals surface area contributed by atoms with E-state index in [2.05, 4.69) is 12.1 Å². The number of benzene rings is 2. The van der Waals surface area contributed by atoms with E-state index in [4.69, 9.17) is 11.6 Å². The van der Waals surface area contributed by atoms with Crippen LogP contribution >= 0.6 is 11.6 Å². The van der Waals surface area contributed by atoms with Crippen molar-refractivity contribution in [2.24, 2.45) is 11.8 Å². The van der Waals surface area contributed by atoms with E-state index >= 15 is 0 Å². The molecule has 6 rings (SSSR count). The van der Waals surface area contributed by atoms with Gasteiger partial charge in [0.05, 0.1) is 11.8 Å². The van der Waals surface area contributed by atoms with Gasteiger partial charge in [-0.25, -0.2) is 0 Å². The number of rotatable bonds is 1. The Morgan fingerprint density at radius 1 is 0.958 bits per heavy atom. The quantitative estimate of drug-likeness (QED) is 0.591. The summed E-state index contributed by atoms with van der Waals surface area (Å²) >= 11 is 7.24. The SMILES string of the molecule is CCN1C(=O)[C@@H]2[C@@H](C1=O)C1c3ccccc3C2(Cl)c2ccccc21. The molecule has 4 aliphatic rings. The van der Waals surface area contributed by atoms with Gasteiger partial charge in [0.2, 0.25) is 11.8 Å². The minimum atomic E-state index is -0.955. The van der Waals surface area contributed by atoms with Gasteiger partial charge in [-0.15, -0.1) is 11.6 Å². The Bertz CT molecular complexity index is 859. The van der Waals surface area contributed by atoms with Crippen molar-refractivity contribution in [2.45, 2.75) is 17.7 Å². The lowest BCUT2D eigenvalue weighted by atomic mass is 9.54. The standard InChI is InChI=1S/C20H16ClNO2/c1-2-22-18(23)16-15-11-7-3-5-9-13(11)20(21,17(16)19(22)24)14-10-6-4-8-12(14)15/h3-10,15-17H,2H2,1H3/t15?,16-,17-,20?/m0/s1. The zero-order valence-electron chi connectivity index (χ0n) is 13.2. The third-order valence-corrected chi connectivity index (χ3v) is 6.56. The zero-order chi connectivity index (χ0) is 16.6. The minimum Gasteiger partial charge on any atom is -0.282 e. The van der Waals surface area contributed by atoms with Crippen molar-refractivity contribution in [2.75, 3.05) is 6.54 Å². The summed E-state index contributed by atoms with van der Waals surface area (Å²) in [7, 11) is 0. The molecule has 2 amide bonds. The first-order chi connectivity index (χ1) is 11.6. The number of halogens is 1. The second-order valence-corrected chi connectivity index (χ2v) is 7.38. The topological polar surface area (TPSA) is 37.4 Å². The minimum absolute atomic E-state index is 0.0773. The molecular weight excluding hydrogens is 322 g/mol. The van der Waals surface area contributed by atoms with Crippen LogP contribution in [-0.4, -0.2) is 23.3 Å². The third-order valence-electron chi connectivity index (χ3n) is 5.92. The predicted octanol–water partition coefficient (Wildman–Crippen LogP) is 3.25. The fraction of sp³-hybridized carbons (Fsp3) is 0.300. The van der Waals surface area contributed by atoms with Crippen LogP contribution in [0.3, 0.4) is 0 Å². The maximum atomic E-state index is 13.0. The van der Waals surface area contributed by atoms with Gasteiger partial charge in [-0.3, -0.25) is 14.5 Å². The number of hydrogen-bond donors (Lipinski definition) is 0. The van der Waals surface area contributed by atoms with Crippen LogP contribution in [0.25, 0.3) is 0 Å². The number of amides is 2. The fourth-order valence-electron chi connectivity index (χ4n) is 5.05. The van der Waals surface area contributed by atoms with Gasteiger partial charge in [0.15, 0.2) is 0 Å². The zero-order valence-corrected chi connectivity index (χ0v) is 14.0. The molecule has 0 radical (unpaired) electrons. The molecule has 3 aliphatic carbocycles. The van der Waals surface area contributed by atoms with E-state index in [0.29, 0.717) is 6.54 Å². The maximum absolute atomic E-state index is 13.0. The highest BCUT2D eigenvalue weighted by atomic mass is 35.5. The van der Waals surface area contributed by atoms with Crippen molar-refractivity contribution in [3.63, 3.8) is 0 Å². The Kier molecular flexibility index (Phi) is 2.66. The first kappa shape index (κ1) is 14.2. The Labute approximate surface area is 145 Å². The second-order valence-electron chi connectivity index (χ2n) is 6.79. The summed E-state index contributed by atoms with van der Waals surface area (Å²) in [4.78, 5) is 26.4. The molecule has 2 atom stereocenters. The molecule has 0 saturated carbocycles. The molecule has 1 aliphatic heterocycles. The van der Waals surface area contributed by atoms with E-state index in [9.17, 15) is 9.59 Å². The van der Waals surface area contributed by atoms with Gasteiger partial charge in [-0.1, -0.05) is 48.5 Å². The van der Waals surface area contributed by atoms with Crippen LogP contribution in [0, 0.1) is 11.8 Å². The van der Waals surface area contributed by atoms with Gasteiger partial charge in [0.25, 0.3) is 0 Å². The summed E-state index contributed by atoms with van der Waals surface area (Å²) in [5.74, 6) is -1.19. The van der Waals surface area contributed by atoms with Crippen LogP contribution < -0.4 is 0 Å². The lowest BCUT2D eigenvalue weighted by molar-refractivity contribution is -0.139. The van der Waals surface area contributed by atoms with Gasteiger partial charge < -0.3 is 0 Å². The largest absolute Gasteiger partial charge is 0.282 e. The summed E-state index contributed by atoms with van der Waals surface area (Å²) in [6.45, 7) is 2.24. The van der Waals surface area contributed by atoms with Gasteiger partial charge in [-0.2, -0.15) is 0 Å². The van der Waals surface area contributed by atoms with Crippen LogP contribution in [0.15, 0.2) is 48.5 Å². The van der Waals surface area contributed by atoms with Crippen LogP contribution in [0.4, 0.5) is 0 Å². The Morgan fingerprint density at radius 3 is 2.04 bits per heavy atom. The Hall–Kier alpha value is -2.13. The summed E-state index contributed by atoms with van der Waals surface area (Å²) in [5, 5.41) is 0. The molecule has 0 spiro atoms. The highest BCUT2D eigenvalue weighted by Gasteiger charge is 2.67. The predicted molar refractivity (Wildman–Crippen MR) is 90.7 cm³/mol. The number of carbonyl (C=O) groups excluding carboxylic acids is 2. The Balaban J connectivity index is 1.88. The normalized spacial score (nSPS) is 32.6. The molecule has 3 nitrogen and oxygen atoms in total. The lowest BCUT2D eigenvalue weighted by Gasteiger charge is -2.50. The van der Waals surface area contributed by atoms with Gasteiger partial charge >= 0.3 is 0 Å². The molecule has 120 valence electrons. The molecular formula is C20H16ClNO2. The highest BCUT2D eigenvalue weighted by molar-refractivity contribution is 6.30. The van der Waals surface area contributed by atoms with Gasteiger partial charge in [0, 0.05) is 12.5 Å². The molecule has 1 saturated heterocycles. The summed E-state index contributed by atoms with van der Waals surface area (Å²) < 4.78 is 0. The molecule has 0 N–H and O–H groups in total. The summed E-state index contributed by atoms with van der Waals surface area (Å²) in [6.07, 6.45) is 0. The average molecular weight is 338 g/mol. The lowest BCUT2D eigenvalue weighted by Crippen LogP contribution is -2.50. The van der Waals surface area contributed by atoms with E-state index in [1.807, 2.05) is 43.3 Å². The van der Waals surface area contributed by atoms with E-state index in [-0.39, 0.29) is 23.7 Å². The molecule has 2 aromatic rings. The van der Waals surface area contributed by atoms with Crippen LogP contribution in [0.1, 0.15) is 35.1 Å². The van der Waals surface area contributed by atoms with Crippen molar-refractivity contribution in [1.29, 1.82) is 0 Å². The molecule has 24 heavy (non-hydrogen) atoms. The van der Waals surface area contributed by atoms with Crippen LogP contribution in [-0.2, 0) is 14.5 Å². The smallest absolute Gasteiger partial charge is 0.235 e. The Morgan fingerprint density at radius 2 is 1.50 bits per heavy atom. The highest BCUT2D eigenvalue weighted by Crippen LogP contribution is 2.65. The number of nitrogens with zero attached hydrogens (tertiary/aromatic N) is 1. The van der Waals surface area contributed by atoms with Crippen molar-refractivity contribution in [3.8, 4) is 0 Å². The first-order valence-corrected chi connectivity index (χ1v) is 8.71. The molecule has 1 heterocycles. The summed E-state index contributed by atoms with van der Waals surface area (Å²) in [5.41, 5.74) is 4.14. The van der Waals surface area contributed by atoms with Crippen LogP contribution in [0.5, 0.6) is 0 Å². The van der Waals surface area contributed by atoms with E-state index in [1.165, 1.54) is 4.90 Å². The fourth-order valence-corrected chi connectivity index (χ4v) is 5.62. The molecule has 2 bridgehead atoms. The molecule has 0 unspecified atom stereocenters. The van der Waals surface area contributed by atoms with Gasteiger partial charge in [-0.05, 0) is 29.2 Å². The van der Waals surface area contributed by atoms with E-state index in [0.717, 1.165) is 22.3 Å². The molecule has 2 aromatic carbocycles. The second kappa shape index (κ2) is 4.48. The first-order valence-electron chi connectivity index (χ1n) is 8.33. The number of hydrogen-bond acceptors (Lipinski definition) is 2. The van der Waals surface area contributed by atoms with Crippen molar-refractivity contribution < 1.29 is 9.59 Å². The van der Waals surface area contributed by atoms with Crippen molar-refractivity contribution in [3.05, 3.63) is 70.8 Å². The van der Waals surface area contributed by atoms with Crippen molar-refractivity contribution in [1.82, 2.24) is 4.90 Å². The number of likely N-dealkylation sites (tertiary alicyclic amines) is 1. The van der Waals surface area contributed by atoms with E-state index in [1.54, 1.807) is 0 Å². The van der Waals surface area contributed by atoms with Crippen LogP contribution in [0.2, 0.25) is 0 Å².